The van der Waals surface area contributed by atoms with Crippen LogP contribution < -0.4 is 15.0 Å². The Bertz CT molecular complexity index is 1320. The van der Waals surface area contributed by atoms with Crippen molar-refractivity contribution in [1.82, 2.24) is 9.66 Å². The lowest BCUT2D eigenvalue weighted by atomic mass is 10.1. The third-order valence-electron chi connectivity index (χ3n) is 5.11. The Morgan fingerprint density at radius 2 is 2.06 bits per heavy atom. The summed E-state index contributed by atoms with van der Waals surface area (Å²) in [6, 6.07) is 8.20. The van der Waals surface area contributed by atoms with Crippen LogP contribution in [0.2, 0.25) is 0 Å². The molecule has 34 heavy (non-hydrogen) atoms. The third kappa shape index (κ3) is 5.33. The zero-order valence-corrected chi connectivity index (χ0v) is 20.7. The molecule has 0 spiro atoms. The summed E-state index contributed by atoms with van der Waals surface area (Å²) < 4.78 is 13.1. The highest BCUT2D eigenvalue weighted by atomic mass is 79.9. The van der Waals surface area contributed by atoms with Crippen LogP contribution in [0.15, 0.2) is 57.4 Å². The standard InChI is InChI=1S/C24H25BrN4O5/c1-5-10-34-22-20(29(31)32)11-16(12-21(22)33-7-3)14-26-28-23(15(4)6-2)27-19-9-8-17(25)13-18(19)24(28)30/h5,8-9,11-15H,1,6-7,10H2,2-4H3/t15-/m1/s1. The van der Waals surface area contributed by atoms with Crippen molar-refractivity contribution in [1.29, 1.82) is 0 Å². The second kappa shape index (κ2) is 11.1. The van der Waals surface area contributed by atoms with Gasteiger partial charge >= 0.3 is 5.69 Å². The number of halogens is 1. The molecule has 0 saturated heterocycles. The minimum Gasteiger partial charge on any atom is -0.490 e. The molecule has 9 nitrogen and oxygen atoms in total. The van der Waals surface area contributed by atoms with Crippen molar-refractivity contribution in [2.24, 2.45) is 5.10 Å². The van der Waals surface area contributed by atoms with E-state index >= 15 is 0 Å². The molecule has 0 fully saturated rings. The Hall–Kier alpha value is -3.53. The molecule has 0 aliphatic carbocycles. The summed E-state index contributed by atoms with van der Waals surface area (Å²) in [6.07, 6.45) is 3.62. The minimum atomic E-state index is -0.551. The fourth-order valence-electron chi connectivity index (χ4n) is 3.27. The molecule has 0 N–H and O–H groups in total. The summed E-state index contributed by atoms with van der Waals surface area (Å²) in [4.78, 5) is 29.1. The average molecular weight is 529 g/mol. The highest BCUT2D eigenvalue weighted by molar-refractivity contribution is 9.10. The van der Waals surface area contributed by atoms with Crippen LogP contribution in [0.5, 0.6) is 11.5 Å². The molecule has 1 heterocycles. The average Bonchev–Trinajstić information content (AvgIpc) is 2.82. The summed E-state index contributed by atoms with van der Waals surface area (Å²) in [5, 5.41) is 16.5. The molecule has 0 amide bonds. The SMILES string of the molecule is C=CCOc1c(OCC)cc(C=Nn2c([C@H](C)CC)nc3ccc(Br)cc3c2=O)cc1[N+](=O)[O-]. The Kier molecular flexibility index (Phi) is 8.17. The van der Waals surface area contributed by atoms with Crippen molar-refractivity contribution in [3.63, 3.8) is 0 Å². The van der Waals surface area contributed by atoms with Crippen molar-refractivity contribution in [3.05, 3.63) is 79.3 Å². The first-order chi connectivity index (χ1) is 16.3. The molecule has 0 aliphatic heterocycles. The van der Waals surface area contributed by atoms with E-state index in [0.29, 0.717) is 22.3 Å². The van der Waals surface area contributed by atoms with Crippen LogP contribution in [0.25, 0.3) is 10.9 Å². The van der Waals surface area contributed by atoms with Crippen LogP contribution in [0, 0.1) is 10.1 Å². The van der Waals surface area contributed by atoms with Gasteiger partial charge < -0.3 is 9.47 Å². The van der Waals surface area contributed by atoms with E-state index in [4.69, 9.17) is 9.47 Å². The molecule has 0 saturated carbocycles. The van der Waals surface area contributed by atoms with E-state index in [9.17, 15) is 14.9 Å². The Labute approximate surface area is 205 Å². The Balaban J connectivity index is 2.18. The number of nitrogens with zero attached hydrogens (tertiary/aromatic N) is 4. The molecular weight excluding hydrogens is 504 g/mol. The molecule has 0 unspecified atom stereocenters. The van der Waals surface area contributed by atoms with Crippen molar-refractivity contribution in [2.75, 3.05) is 13.2 Å². The zero-order chi connectivity index (χ0) is 24.8. The molecule has 3 aromatic rings. The van der Waals surface area contributed by atoms with E-state index in [1.807, 2.05) is 19.9 Å². The first-order valence-corrected chi connectivity index (χ1v) is 11.5. The number of nitro groups is 1. The van der Waals surface area contributed by atoms with Gasteiger partial charge in [0.2, 0.25) is 5.75 Å². The minimum absolute atomic E-state index is 0.0126. The first-order valence-electron chi connectivity index (χ1n) is 10.8. The largest absolute Gasteiger partial charge is 0.490 e. The highest BCUT2D eigenvalue weighted by Gasteiger charge is 2.22. The number of benzene rings is 2. The summed E-state index contributed by atoms with van der Waals surface area (Å²) >= 11 is 3.39. The van der Waals surface area contributed by atoms with Gasteiger partial charge in [-0.15, -0.1) is 0 Å². The molecule has 0 radical (unpaired) electrons. The number of fused-ring (bicyclic) bond motifs is 1. The van der Waals surface area contributed by atoms with Crippen molar-refractivity contribution in [3.8, 4) is 11.5 Å². The van der Waals surface area contributed by atoms with E-state index < -0.39 is 4.92 Å². The molecule has 0 aliphatic rings. The van der Waals surface area contributed by atoms with E-state index in [-0.39, 0.29) is 41.9 Å². The topological polar surface area (TPSA) is 109 Å². The maximum Gasteiger partial charge on any atom is 0.315 e. The lowest BCUT2D eigenvalue weighted by molar-refractivity contribution is -0.385. The predicted octanol–water partition coefficient (Wildman–Crippen LogP) is 5.43. The lowest BCUT2D eigenvalue weighted by Gasteiger charge is -2.14. The lowest BCUT2D eigenvalue weighted by Crippen LogP contribution is -2.23. The van der Waals surface area contributed by atoms with Gasteiger partial charge in [0.25, 0.3) is 5.56 Å². The smallest absolute Gasteiger partial charge is 0.315 e. The summed E-state index contributed by atoms with van der Waals surface area (Å²) in [5.41, 5.74) is 0.345. The van der Waals surface area contributed by atoms with Crippen LogP contribution in [-0.4, -0.2) is 34.0 Å². The van der Waals surface area contributed by atoms with Gasteiger partial charge in [0.05, 0.1) is 28.6 Å². The van der Waals surface area contributed by atoms with Gasteiger partial charge in [-0.05, 0) is 37.6 Å². The van der Waals surface area contributed by atoms with Gasteiger partial charge in [-0.25, -0.2) is 4.98 Å². The fourth-order valence-corrected chi connectivity index (χ4v) is 3.63. The normalized spacial score (nSPS) is 12.1. The Morgan fingerprint density at radius 3 is 2.71 bits per heavy atom. The highest BCUT2D eigenvalue weighted by Crippen LogP contribution is 2.38. The van der Waals surface area contributed by atoms with E-state index in [0.717, 1.165) is 10.9 Å². The number of rotatable bonds is 10. The maximum absolute atomic E-state index is 13.3. The molecule has 1 aromatic heterocycles. The number of hydrogen-bond acceptors (Lipinski definition) is 7. The molecule has 1 atom stereocenters. The van der Waals surface area contributed by atoms with Crippen LogP contribution in [-0.2, 0) is 0 Å². The molecular formula is C24H25BrN4O5. The van der Waals surface area contributed by atoms with Crippen LogP contribution >= 0.6 is 15.9 Å². The van der Waals surface area contributed by atoms with Gasteiger partial charge in [0.1, 0.15) is 12.4 Å². The molecule has 3 rings (SSSR count). The Morgan fingerprint density at radius 1 is 1.29 bits per heavy atom. The van der Waals surface area contributed by atoms with Gasteiger partial charge in [-0.1, -0.05) is 42.4 Å². The van der Waals surface area contributed by atoms with Gasteiger partial charge in [-0.2, -0.15) is 9.78 Å². The third-order valence-corrected chi connectivity index (χ3v) is 5.60. The molecule has 2 aromatic carbocycles. The van der Waals surface area contributed by atoms with Gasteiger partial charge in [0, 0.05) is 22.0 Å². The number of hydrogen-bond donors (Lipinski definition) is 0. The number of nitro benzene ring substituents is 1. The monoisotopic (exact) mass is 528 g/mol. The number of aromatic nitrogens is 2. The van der Waals surface area contributed by atoms with E-state index in [2.05, 4.69) is 32.6 Å². The van der Waals surface area contributed by atoms with Crippen molar-refractivity contribution < 1.29 is 14.4 Å². The quantitative estimate of drug-likeness (QED) is 0.150. The molecule has 0 bridgehead atoms. The maximum atomic E-state index is 13.3. The van der Waals surface area contributed by atoms with E-state index in [1.54, 1.807) is 25.1 Å². The molecule has 10 heteroatoms. The van der Waals surface area contributed by atoms with Crippen LogP contribution in [0.1, 0.15) is 44.5 Å². The van der Waals surface area contributed by atoms with E-state index in [1.165, 1.54) is 23.0 Å². The molecule has 178 valence electrons. The summed E-state index contributed by atoms with van der Waals surface area (Å²) in [7, 11) is 0. The van der Waals surface area contributed by atoms with Gasteiger partial charge in [0.15, 0.2) is 5.75 Å². The zero-order valence-electron chi connectivity index (χ0n) is 19.2. The fraction of sp³-hybridized carbons (Fsp3) is 0.292. The second-order valence-electron chi connectivity index (χ2n) is 7.46. The van der Waals surface area contributed by atoms with Crippen LogP contribution in [0.3, 0.4) is 0 Å². The second-order valence-corrected chi connectivity index (χ2v) is 8.38. The first kappa shape index (κ1) is 25.1. The predicted molar refractivity (Wildman–Crippen MR) is 135 cm³/mol. The van der Waals surface area contributed by atoms with Crippen molar-refractivity contribution >= 4 is 38.7 Å². The van der Waals surface area contributed by atoms with Gasteiger partial charge in [-0.3, -0.25) is 14.9 Å². The van der Waals surface area contributed by atoms with Crippen LogP contribution in [0.4, 0.5) is 5.69 Å². The summed E-state index contributed by atoms with van der Waals surface area (Å²) in [6.45, 7) is 9.66. The number of ether oxygens (including phenoxy) is 2. The van der Waals surface area contributed by atoms with Crippen molar-refractivity contribution in [2.45, 2.75) is 33.1 Å². The summed E-state index contributed by atoms with van der Waals surface area (Å²) in [5.74, 6) is 0.679.